The Kier molecular flexibility index (Phi) is 5.27. The zero-order valence-electron chi connectivity index (χ0n) is 17.1. The first-order valence-electron chi connectivity index (χ1n) is 10.2. The van der Waals surface area contributed by atoms with E-state index in [2.05, 4.69) is 58.9 Å². The Morgan fingerprint density at radius 3 is 2.71 bits per heavy atom. The number of nitrogens with zero attached hydrogens (tertiary/aromatic N) is 3. The molecule has 1 atom stereocenters. The van der Waals surface area contributed by atoms with Gasteiger partial charge in [-0.05, 0) is 61.1 Å². The van der Waals surface area contributed by atoms with E-state index in [-0.39, 0.29) is 5.41 Å². The minimum Gasteiger partial charge on any atom is -0.373 e. The van der Waals surface area contributed by atoms with Gasteiger partial charge in [0.05, 0.1) is 0 Å². The smallest absolute Gasteiger partial charge is 0.131 e. The number of hydrogen-bond acceptors (Lipinski definition) is 6. The van der Waals surface area contributed by atoms with E-state index in [1.807, 2.05) is 24.3 Å². The number of aliphatic hydroxyl groups is 1. The van der Waals surface area contributed by atoms with Crippen molar-refractivity contribution < 1.29 is 5.11 Å². The third-order valence-corrected chi connectivity index (χ3v) is 6.35. The van der Waals surface area contributed by atoms with Crippen LogP contribution in [0.3, 0.4) is 0 Å². The van der Waals surface area contributed by atoms with Crippen LogP contribution in [0.2, 0.25) is 0 Å². The highest BCUT2D eigenvalue weighted by atomic mass is 16.3. The normalized spacial score (nSPS) is 21.0. The van der Waals surface area contributed by atoms with Crippen LogP contribution < -0.4 is 10.7 Å². The van der Waals surface area contributed by atoms with Gasteiger partial charge in [0.15, 0.2) is 0 Å². The first-order chi connectivity index (χ1) is 13.5. The fraction of sp³-hybridized carbons (Fsp3) is 0.500. The molecule has 1 aromatic carbocycles. The summed E-state index contributed by atoms with van der Waals surface area (Å²) in [4.78, 5) is 6.97. The lowest BCUT2D eigenvalue weighted by atomic mass is 9.78. The number of hydrazine groups is 1. The van der Waals surface area contributed by atoms with E-state index < -0.39 is 6.23 Å². The van der Waals surface area contributed by atoms with E-state index in [0.29, 0.717) is 0 Å². The Balaban J connectivity index is 1.51. The van der Waals surface area contributed by atoms with Crippen molar-refractivity contribution in [2.24, 2.45) is 5.41 Å². The van der Waals surface area contributed by atoms with Crippen LogP contribution in [0.15, 0.2) is 36.7 Å². The van der Waals surface area contributed by atoms with Crippen LogP contribution in [0.5, 0.6) is 0 Å². The molecule has 3 N–H and O–H groups in total. The summed E-state index contributed by atoms with van der Waals surface area (Å²) in [6.07, 6.45) is 5.37. The summed E-state index contributed by atoms with van der Waals surface area (Å²) in [5, 5.41) is 18.4. The number of nitrogens with one attached hydrogen (secondary N) is 2. The van der Waals surface area contributed by atoms with E-state index in [0.717, 1.165) is 55.6 Å². The summed E-state index contributed by atoms with van der Waals surface area (Å²) in [5.74, 6) is 0.729. The van der Waals surface area contributed by atoms with E-state index in [1.54, 1.807) is 0 Å². The molecule has 6 nitrogen and oxygen atoms in total. The fourth-order valence-electron chi connectivity index (χ4n) is 4.10. The molecule has 0 amide bonds. The Morgan fingerprint density at radius 2 is 2.04 bits per heavy atom. The minimum atomic E-state index is -0.602. The average molecular weight is 382 g/mol. The second kappa shape index (κ2) is 7.70. The van der Waals surface area contributed by atoms with Gasteiger partial charge in [0, 0.05) is 36.8 Å². The van der Waals surface area contributed by atoms with E-state index in [4.69, 9.17) is 0 Å². The van der Waals surface area contributed by atoms with Crippen molar-refractivity contribution in [3.05, 3.63) is 42.2 Å². The molecule has 1 saturated heterocycles. The molecule has 28 heavy (non-hydrogen) atoms. The van der Waals surface area contributed by atoms with Gasteiger partial charge in [0.2, 0.25) is 0 Å². The molecule has 1 aromatic heterocycles. The fourth-order valence-corrected chi connectivity index (χ4v) is 4.10. The van der Waals surface area contributed by atoms with E-state index in [9.17, 15) is 5.11 Å². The molecule has 1 fully saturated rings. The summed E-state index contributed by atoms with van der Waals surface area (Å²) in [6.45, 7) is 8.36. The van der Waals surface area contributed by atoms with Crippen LogP contribution in [0.4, 0.5) is 5.82 Å². The van der Waals surface area contributed by atoms with Gasteiger partial charge in [-0.2, -0.15) is 0 Å². The van der Waals surface area contributed by atoms with Gasteiger partial charge in [-0.25, -0.2) is 10.4 Å². The number of piperidine rings is 1. The first kappa shape index (κ1) is 19.2. The Hall–Kier alpha value is -2.15. The lowest BCUT2D eigenvalue weighted by molar-refractivity contribution is 0.00631. The van der Waals surface area contributed by atoms with Gasteiger partial charge in [-0.3, -0.25) is 0 Å². The van der Waals surface area contributed by atoms with Crippen molar-refractivity contribution in [1.29, 1.82) is 0 Å². The molecule has 2 aromatic rings. The molecule has 4 rings (SSSR count). The molecule has 3 heterocycles. The molecule has 2 aliphatic rings. The quantitative estimate of drug-likeness (QED) is 0.692. The van der Waals surface area contributed by atoms with Crippen LogP contribution in [0.25, 0.3) is 16.3 Å². The number of pyridine rings is 1. The molecule has 0 spiro atoms. The highest BCUT2D eigenvalue weighted by Gasteiger charge is 2.36. The second-order valence-corrected chi connectivity index (χ2v) is 8.37. The molecular weight excluding hydrogens is 350 g/mol. The third-order valence-electron chi connectivity index (χ3n) is 6.35. The predicted octanol–water partition coefficient (Wildman–Crippen LogP) is 2.88. The van der Waals surface area contributed by atoms with Gasteiger partial charge in [0.25, 0.3) is 0 Å². The Bertz CT molecular complexity index is 872. The molecule has 1 unspecified atom stereocenters. The average Bonchev–Trinajstić information content (AvgIpc) is 3.14. The van der Waals surface area contributed by atoms with Crippen molar-refractivity contribution in [1.82, 2.24) is 20.3 Å². The number of likely N-dealkylation sites (tertiary alicyclic amines) is 1. The number of benzene rings is 1. The van der Waals surface area contributed by atoms with Crippen LogP contribution >= 0.6 is 0 Å². The van der Waals surface area contributed by atoms with Crippen molar-refractivity contribution in [3.63, 3.8) is 0 Å². The van der Waals surface area contributed by atoms with Crippen LogP contribution in [0.1, 0.15) is 32.3 Å². The van der Waals surface area contributed by atoms with Gasteiger partial charge in [0.1, 0.15) is 12.0 Å². The first-order valence-corrected chi connectivity index (χ1v) is 10.2. The van der Waals surface area contributed by atoms with Crippen LogP contribution in [-0.2, 0) is 0 Å². The molecule has 0 aliphatic carbocycles. The van der Waals surface area contributed by atoms with E-state index >= 15 is 0 Å². The summed E-state index contributed by atoms with van der Waals surface area (Å²) in [5.41, 5.74) is 5.63. The van der Waals surface area contributed by atoms with Gasteiger partial charge >= 0.3 is 0 Å². The van der Waals surface area contributed by atoms with Gasteiger partial charge in [-0.1, -0.05) is 26.0 Å². The molecule has 0 radical (unpaired) electrons. The monoisotopic (exact) mass is 381 g/mol. The zero-order chi connectivity index (χ0) is 19.7. The van der Waals surface area contributed by atoms with E-state index in [1.165, 1.54) is 11.1 Å². The maximum Gasteiger partial charge on any atom is 0.131 e. The Morgan fingerprint density at radius 1 is 1.25 bits per heavy atom. The summed E-state index contributed by atoms with van der Waals surface area (Å²) >= 11 is 0. The standard InChI is InChI=1S/C22H31N5O/c1-4-27-9-7-22(2,8-10-27)21(28)25-20-12-18-11-16(5-6-17(18)13-23-20)19-14-24-26(3)15-19/h5-6,11-13,15,21,24,28H,4,7-10,14H2,1-3H3,(H,23,25). The number of rotatable bonds is 5. The molecule has 150 valence electrons. The molecular formula is C22H31N5O. The number of aromatic nitrogens is 1. The largest absolute Gasteiger partial charge is 0.373 e. The maximum absolute atomic E-state index is 10.9. The van der Waals surface area contributed by atoms with Gasteiger partial charge in [-0.15, -0.1) is 0 Å². The highest BCUT2D eigenvalue weighted by Crippen LogP contribution is 2.35. The van der Waals surface area contributed by atoms with Gasteiger partial charge < -0.3 is 20.3 Å². The van der Waals surface area contributed by atoms with Crippen molar-refractivity contribution in [2.75, 3.05) is 38.5 Å². The summed E-state index contributed by atoms with van der Waals surface area (Å²) in [6, 6.07) is 8.49. The molecule has 6 heteroatoms. The summed E-state index contributed by atoms with van der Waals surface area (Å²) in [7, 11) is 2.01. The second-order valence-electron chi connectivity index (χ2n) is 8.37. The molecule has 0 saturated carbocycles. The SMILES string of the molecule is CCN1CCC(C)(C(O)Nc2cc3cc(C4=CN(C)NC4)ccc3cn2)CC1. The number of anilines is 1. The lowest BCUT2D eigenvalue weighted by Crippen LogP contribution is -2.47. The maximum atomic E-state index is 10.9. The Labute approximate surface area is 167 Å². The predicted molar refractivity (Wildman–Crippen MR) is 115 cm³/mol. The lowest BCUT2D eigenvalue weighted by Gasteiger charge is -2.42. The van der Waals surface area contributed by atoms with Crippen LogP contribution in [-0.4, -0.2) is 59.5 Å². The minimum absolute atomic E-state index is 0.130. The molecule has 0 bridgehead atoms. The molecule has 2 aliphatic heterocycles. The summed E-state index contributed by atoms with van der Waals surface area (Å²) < 4.78 is 0. The number of hydrogen-bond donors (Lipinski definition) is 3. The zero-order valence-corrected chi connectivity index (χ0v) is 17.1. The van der Waals surface area contributed by atoms with Crippen molar-refractivity contribution in [3.8, 4) is 0 Å². The number of aliphatic hydroxyl groups excluding tert-OH is 1. The number of fused-ring (bicyclic) bond motifs is 1. The highest BCUT2D eigenvalue weighted by molar-refractivity contribution is 5.87. The van der Waals surface area contributed by atoms with Crippen molar-refractivity contribution >= 4 is 22.2 Å². The third kappa shape index (κ3) is 3.85. The topological polar surface area (TPSA) is 63.7 Å². The van der Waals surface area contributed by atoms with Crippen molar-refractivity contribution in [2.45, 2.75) is 32.9 Å². The van der Waals surface area contributed by atoms with Crippen LogP contribution in [0, 0.1) is 5.41 Å².